The van der Waals surface area contributed by atoms with Gasteiger partial charge in [0.15, 0.2) is 0 Å². The van der Waals surface area contributed by atoms with Crippen molar-refractivity contribution in [3.05, 3.63) is 45.8 Å². The summed E-state index contributed by atoms with van der Waals surface area (Å²) < 4.78 is 10.2. The monoisotopic (exact) mass is 290 g/mol. The van der Waals surface area contributed by atoms with Gasteiger partial charge in [0.25, 0.3) is 0 Å². The summed E-state index contributed by atoms with van der Waals surface area (Å²) in [7, 11) is 1.56. The predicted molar refractivity (Wildman–Crippen MR) is 76.0 cm³/mol. The van der Waals surface area contributed by atoms with E-state index in [2.05, 4.69) is 11.2 Å². The number of hydrogen-bond acceptors (Lipinski definition) is 4. The van der Waals surface area contributed by atoms with E-state index in [4.69, 9.17) is 20.9 Å². The van der Waals surface area contributed by atoms with Gasteiger partial charge in [0.05, 0.1) is 29.8 Å². The fourth-order valence-electron chi connectivity index (χ4n) is 2.13. The summed E-state index contributed by atoms with van der Waals surface area (Å²) in [6.07, 6.45) is 0.556. The van der Waals surface area contributed by atoms with E-state index in [9.17, 15) is 5.26 Å². The van der Waals surface area contributed by atoms with Crippen molar-refractivity contribution in [1.82, 2.24) is 5.16 Å². The van der Waals surface area contributed by atoms with E-state index < -0.39 is 0 Å². The summed E-state index contributed by atoms with van der Waals surface area (Å²) in [5.41, 5.74) is 2.66. The molecule has 1 heterocycles. The fraction of sp³-hybridized carbons (Fsp3) is 0.333. The van der Waals surface area contributed by atoms with Gasteiger partial charge in [-0.15, -0.1) is 0 Å². The van der Waals surface area contributed by atoms with Crippen LogP contribution in [0.5, 0.6) is 5.75 Å². The van der Waals surface area contributed by atoms with Crippen LogP contribution in [0.2, 0.25) is 5.02 Å². The molecular weight excluding hydrogens is 276 g/mol. The third-order valence-corrected chi connectivity index (χ3v) is 3.62. The van der Waals surface area contributed by atoms with E-state index in [-0.39, 0.29) is 5.92 Å². The van der Waals surface area contributed by atoms with Crippen LogP contribution < -0.4 is 4.74 Å². The van der Waals surface area contributed by atoms with Crippen molar-refractivity contribution in [3.8, 4) is 11.8 Å². The first kappa shape index (κ1) is 14.4. The molecule has 4 nitrogen and oxygen atoms in total. The number of benzene rings is 1. The van der Waals surface area contributed by atoms with Gasteiger partial charge in [-0.1, -0.05) is 22.8 Å². The Morgan fingerprint density at radius 1 is 1.45 bits per heavy atom. The van der Waals surface area contributed by atoms with Crippen molar-refractivity contribution in [1.29, 1.82) is 5.26 Å². The highest BCUT2D eigenvalue weighted by molar-refractivity contribution is 6.32. The van der Waals surface area contributed by atoms with Crippen molar-refractivity contribution < 1.29 is 9.26 Å². The van der Waals surface area contributed by atoms with Crippen LogP contribution >= 0.6 is 11.6 Å². The number of methoxy groups -OCH3 is 1. The van der Waals surface area contributed by atoms with Crippen molar-refractivity contribution >= 4 is 11.6 Å². The molecule has 20 heavy (non-hydrogen) atoms. The summed E-state index contributed by atoms with van der Waals surface area (Å²) in [5, 5.41) is 13.8. The zero-order valence-corrected chi connectivity index (χ0v) is 12.4. The van der Waals surface area contributed by atoms with Crippen molar-refractivity contribution in [2.45, 2.75) is 26.2 Å². The lowest BCUT2D eigenvalue weighted by Gasteiger charge is -2.11. The van der Waals surface area contributed by atoms with E-state index in [1.54, 1.807) is 19.2 Å². The number of aromatic nitrogens is 1. The number of rotatable bonds is 4. The van der Waals surface area contributed by atoms with Gasteiger partial charge in [0.2, 0.25) is 0 Å². The van der Waals surface area contributed by atoms with Crippen LogP contribution in [0.4, 0.5) is 0 Å². The standard InChI is InChI=1S/C15H15ClN2O2/c1-9-13(10(2)20-18-9)6-12(8-17)11-4-5-15(19-3)14(16)7-11/h4-5,7,12H,6H2,1-3H3. The summed E-state index contributed by atoms with van der Waals surface area (Å²) in [6, 6.07) is 7.71. The lowest BCUT2D eigenvalue weighted by Crippen LogP contribution is -2.02. The van der Waals surface area contributed by atoms with Crippen LogP contribution in [0.15, 0.2) is 22.7 Å². The molecule has 0 bridgehead atoms. The number of aryl methyl sites for hydroxylation is 2. The molecule has 5 heteroatoms. The molecule has 1 aromatic carbocycles. The Hall–Kier alpha value is -1.99. The third-order valence-electron chi connectivity index (χ3n) is 3.32. The molecule has 0 fully saturated rings. The molecule has 1 aromatic heterocycles. The zero-order chi connectivity index (χ0) is 14.7. The van der Waals surface area contributed by atoms with E-state index in [0.29, 0.717) is 17.2 Å². The Morgan fingerprint density at radius 2 is 2.20 bits per heavy atom. The van der Waals surface area contributed by atoms with E-state index >= 15 is 0 Å². The second-order valence-electron chi connectivity index (χ2n) is 4.58. The highest BCUT2D eigenvalue weighted by Gasteiger charge is 2.18. The molecule has 2 rings (SSSR count). The van der Waals surface area contributed by atoms with Gasteiger partial charge in [-0.3, -0.25) is 0 Å². The van der Waals surface area contributed by atoms with Gasteiger partial charge in [-0.05, 0) is 38.0 Å². The number of halogens is 1. The van der Waals surface area contributed by atoms with Crippen LogP contribution in [0.25, 0.3) is 0 Å². The average molecular weight is 291 g/mol. The van der Waals surface area contributed by atoms with Crippen molar-refractivity contribution in [3.63, 3.8) is 0 Å². The minimum Gasteiger partial charge on any atom is -0.495 e. The van der Waals surface area contributed by atoms with Gasteiger partial charge >= 0.3 is 0 Å². The number of ether oxygens (including phenoxy) is 1. The zero-order valence-electron chi connectivity index (χ0n) is 11.6. The quantitative estimate of drug-likeness (QED) is 0.859. The molecule has 0 saturated carbocycles. The first-order valence-electron chi connectivity index (χ1n) is 6.21. The Bertz CT molecular complexity index is 639. The molecule has 0 spiro atoms. The SMILES string of the molecule is COc1ccc(C(C#N)Cc2c(C)noc2C)cc1Cl. The Balaban J connectivity index is 2.30. The molecule has 0 saturated heterocycles. The predicted octanol–water partition coefficient (Wildman–Crippen LogP) is 3.80. The second-order valence-corrected chi connectivity index (χ2v) is 4.99. The average Bonchev–Trinajstić information content (AvgIpc) is 2.75. The maximum Gasteiger partial charge on any atom is 0.137 e. The van der Waals surface area contributed by atoms with Gasteiger partial charge in [-0.2, -0.15) is 5.26 Å². The molecule has 1 unspecified atom stereocenters. The lowest BCUT2D eigenvalue weighted by atomic mass is 9.92. The molecule has 2 aromatic rings. The molecule has 0 aliphatic rings. The molecule has 0 radical (unpaired) electrons. The van der Waals surface area contributed by atoms with E-state index in [1.807, 2.05) is 19.9 Å². The largest absolute Gasteiger partial charge is 0.495 e. The summed E-state index contributed by atoms with van der Waals surface area (Å²) in [4.78, 5) is 0. The topological polar surface area (TPSA) is 59.0 Å². The van der Waals surface area contributed by atoms with Gasteiger partial charge in [-0.25, -0.2) is 0 Å². The molecule has 0 amide bonds. The van der Waals surface area contributed by atoms with E-state index in [1.165, 1.54) is 0 Å². The normalized spacial score (nSPS) is 11.9. The number of nitriles is 1. The second kappa shape index (κ2) is 5.98. The lowest BCUT2D eigenvalue weighted by molar-refractivity contribution is 0.392. The van der Waals surface area contributed by atoms with Gasteiger partial charge in [0.1, 0.15) is 11.5 Å². The van der Waals surface area contributed by atoms with Crippen molar-refractivity contribution in [2.24, 2.45) is 0 Å². The van der Waals surface area contributed by atoms with Crippen LogP contribution in [0, 0.1) is 25.2 Å². The molecule has 104 valence electrons. The van der Waals surface area contributed by atoms with Crippen LogP contribution in [-0.2, 0) is 6.42 Å². The molecule has 1 atom stereocenters. The summed E-state index contributed by atoms with van der Waals surface area (Å²) in [6.45, 7) is 3.73. The minimum absolute atomic E-state index is 0.296. The maximum atomic E-state index is 9.40. The van der Waals surface area contributed by atoms with Crippen LogP contribution in [0.3, 0.4) is 0 Å². The summed E-state index contributed by atoms with van der Waals surface area (Å²) in [5.74, 6) is 1.06. The first-order chi connectivity index (χ1) is 9.56. The summed E-state index contributed by atoms with van der Waals surface area (Å²) >= 11 is 6.11. The molecule has 0 aliphatic heterocycles. The van der Waals surface area contributed by atoms with Gasteiger partial charge in [0, 0.05) is 5.56 Å². The highest BCUT2D eigenvalue weighted by Crippen LogP contribution is 2.30. The highest BCUT2D eigenvalue weighted by atomic mass is 35.5. The van der Waals surface area contributed by atoms with Crippen LogP contribution in [-0.4, -0.2) is 12.3 Å². The Kier molecular flexibility index (Phi) is 4.31. The third kappa shape index (κ3) is 2.78. The van der Waals surface area contributed by atoms with Crippen LogP contribution in [0.1, 0.15) is 28.5 Å². The van der Waals surface area contributed by atoms with Gasteiger partial charge < -0.3 is 9.26 Å². The van der Waals surface area contributed by atoms with Crippen molar-refractivity contribution in [2.75, 3.05) is 7.11 Å². The molecule has 0 N–H and O–H groups in total. The maximum absolute atomic E-state index is 9.40. The molecule has 0 aliphatic carbocycles. The Labute approximate surface area is 122 Å². The number of hydrogen-bond donors (Lipinski definition) is 0. The molecular formula is C15H15ClN2O2. The smallest absolute Gasteiger partial charge is 0.137 e. The van der Waals surface area contributed by atoms with E-state index in [0.717, 1.165) is 22.6 Å². The minimum atomic E-state index is -0.296. The fourth-order valence-corrected chi connectivity index (χ4v) is 2.40. The first-order valence-corrected chi connectivity index (χ1v) is 6.59. The Morgan fingerprint density at radius 3 is 2.70 bits per heavy atom. The number of nitrogens with zero attached hydrogens (tertiary/aromatic N) is 2.